The molecule has 0 fully saturated rings. The quantitative estimate of drug-likeness (QED) is 0.304. The molecule has 0 spiro atoms. The van der Waals surface area contributed by atoms with Gasteiger partial charge in [-0.2, -0.15) is 0 Å². The van der Waals surface area contributed by atoms with Crippen LogP contribution in [0.4, 0.5) is 0 Å². The van der Waals surface area contributed by atoms with Gasteiger partial charge in [-0.25, -0.2) is 0 Å². The highest BCUT2D eigenvalue weighted by Gasteiger charge is 2.24. The van der Waals surface area contributed by atoms with Crippen LogP contribution in [0.15, 0.2) is 66.7 Å². The number of aryl methyl sites for hydroxylation is 1. The maximum Gasteiger partial charge on any atom is -0.00173 e. The topological polar surface area (TPSA) is 0 Å². The van der Waals surface area contributed by atoms with Crippen LogP contribution in [0.1, 0.15) is 5.56 Å². The Morgan fingerprint density at radius 1 is 0.524 bits per heavy atom. The van der Waals surface area contributed by atoms with Gasteiger partial charge in [0.15, 0.2) is 0 Å². The van der Waals surface area contributed by atoms with Crippen molar-refractivity contribution in [1.82, 2.24) is 0 Å². The zero-order chi connectivity index (χ0) is 14.0. The summed E-state index contributed by atoms with van der Waals surface area (Å²) in [6, 6.07) is 24.2. The standard InChI is InChI=1S/C21H14/c1-13-14-7-2-3-8-15(14)18-11-6-12-19-16-9-4-5-10-17(16)20(13)21(18)19/h2-12H,1H3. The first-order valence-corrected chi connectivity index (χ1v) is 7.40. The van der Waals surface area contributed by atoms with E-state index in [1.165, 1.54) is 49.4 Å². The van der Waals surface area contributed by atoms with Gasteiger partial charge in [-0.3, -0.25) is 0 Å². The average molecular weight is 266 g/mol. The second-order valence-corrected chi connectivity index (χ2v) is 5.82. The molecule has 0 heterocycles. The lowest BCUT2D eigenvalue weighted by Gasteiger charge is -2.11. The van der Waals surface area contributed by atoms with Crippen LogP contribution in [-0.4, -0.2) is 0 Å². The van der Waals surface area contributed by atoms with Gasteiger partial charge < -0.3 is 0 Å². The van der Waals surface area contributed by atoms with Crippen LogP contribution in [0, 0.1) is 6.92 Å². The van der Waals surface area contributed by atoms with Crippen LogP contribution >= 0.6 is 0 Å². The molecule has 0 nitrogen and oxygen atoms in total. The first-order chi connectivity index (χ1) is 10.4. The van der Waals surface area contributed by atoms with Crippen molar-refractivity contribution in [3.05, 3.63) is 72.3 Å². The van der Waals surface area contributed by atoms with E-state index in [9.17, 15) is 0 Å². The van der Waals surface area contributed by atoms with Gasteiger partial charge in [0.25, 0.3) is 0 Å². The predicted molar refractivity (Wildman–Crippen MR) is 90.6 cm³/mol. The Morgan fingerprint density at radius 3 is 2.00 bits per heavy atom. The number of rotatable bonds is 0. The highest BCUT2D eigenvalue weighted by Crippen LogP contribution is 2.50. The Hall–Kier alpha value is -2.60. The van der Waals surface area contributed by atoms with E-state index in [-0.39, 0.29) is 0 Å². The minimum absolute atomic E-state index is 1.36. The largest absolute Gasteiger partial charge is 0.0616 e. The van der Waals surface area contributed by atoms with Crippen LogP contribution in [-0.2, 0) is 0 Å². The summed E-state index contributed by atoms with van der Waals surface area (Å²) in [5.41, 5.74) is 6.96. The molecule has 21 heavy (non-hydrogen) atoms. The summed E-state index contributed by atoms with van der Waals surface area (Å²) in [5, 5.41) is 5.53. The Bertz CT molecular complexity index is 1040. The molecule has 0 bridgehead atoms. The summed E-state index contributed by atoms with van der Waals surface area (Å²) < 4.78 is 0. The molecule has 4 aromatic rings. The van der Waals surface area contributed by atoms with E-state index in [1.54, 1.807) is 0 Å². The van der Waals surface area contributed by atoms with Crippen molar-refractivity contribution < 1.29 is 0 Å². The molecule has 0 radical (unpaired) electrons. The fraction of sp³-hybridized carbons (Fsp3) is 0.0476. The Labute approximate surface area is 123 Å². The highest BCUT2D eigenvalue weighted by molar-refractivity contribution is 6.24. The third kappa shape index (κ3) is 1.25. The smallest absolute Gasteiger partial charge is 0.00173 e. The lowest BCUT2D eigenvalue weighted by molar-refractivity contribution is 1.55. The van der Waals surface area contributed by atoms with E-state index >= 15 is 0 Å². The van der Waals surface area contributed by atoms with Gasteiger partial charge in [0.05, 0.1) is 0 Å². The molecule has 0 aromatic heterocycles. The van der Waals surface area contributed by atoms with Crippen molar-refractivity contribution in [3.8, 4) is 22.3 Å². The molecule has 0 amide bonds. The summed E-state index contributed by atoms with van der Waals surface area (Å²) in [6.45, 7) is 2.26. The minimum Gasteiger partial charge on any atom is -0.0616 e. The molecule has 0 heteroatoms. The van der Waals surface area contributed by atoms with Crippen LogP contribution in [0.3, 0.4) is 0 Å². The minimum atomic E-state index is 1.36. The highest BCUT2D eigenvalue weighted by atomic mass is 14.3. The van der Waals surface area contributed by atoms with E-state index in [1.807, 2.05) is 0 Å². The third-order valence-corrected chi connectivity index (χ3v) is 4.80. The van der Waals surface area contributed by atoms with E-state index in [0.717, 1.165) is 0 Å². The summed E-state index contributed by atoms with van der Waals surface area (Å²) in [7, 11) is 0. The molecule has 0 atom stereocenters. The maximum absolute atomic E-state index is 2.26. The monoisotopic (exact) mass is 266 g/mol. The predicted octanol–water partition coefficient (Wildman–Crippen LogP) is 5.95. The second kappa shape index (κ2) is 3.73. The fourth-order valence-electron chi connectivity index (χ4n) is 3.91. The molecule has 1 aliphatic rings. The molecule has 0 saturated heterocycles. The molecule has 0 saturated carbocycles. The normalized spacial score (nSPS) is 12.0. The van der Waals surface area contributed by atoms with E-state index in [2.05, 4.69) is 73.7 Å². The van der Waals surface area contributed by atoms with Gasteiger partial charge in [0, 0.05) is 0 Å². The summed E-state index contributed by atoms with van der Waals surface area (Å²) in [6.07, 6.45) is 0. The van der Waals surface area contributed by atoms with Crippen molar-refractivity contribution in [1.29, 1.82) is 0 Å². The summed E-state index contributed by atoms with van der Waals surface area (Å²) in [5.74, 6) is 0. The lowest BCUT2D eigenvalue weighted by Crippen LogP contribution is -1.86. The number of hydrogen-bond donors (Lipinski definition) is 0. The zero-order valence-corrected chi connectivity index (χ0v) is 11.9. The molecular weight excluding hydrogens is 252 g/mol. The maximum atomic E-state index is 2.26. The van der Waals surface area contributed by atoms with Crippen molar-refractivity contribution in [2.45, 2.75) is 6.92 Å². The summed E-state index contributed by atoms with van der Waals surface area (Å²) >= 11 is 0. The van der Waals surface area contributed by atoms with E-state index in [0.29, 0.717) is 0 Å². The number of hydrogen-bond acceptors (Lipinski definition) is 0. The van der Waals surface area contributed by atoms with Crippen molar-refractivity contribution in [3.63, 3.8) is 0 Å². The van der Waals surface area contributed by atoms with Crippen LogP contribution in [0.2, 0.25) is 0 Å². The average Bonchev–Trinajstić information content (AvgIpc) is 2.89. The summed E-state index contributed by atoms with van der Waals surface area (Å²) in [4.78, 5) is 0. The Morgan fingerprint density at radius 2 is 1.14 bits per heavy atom. The van der Waals surface area contributed by atoms with E-state index in [4.69, 9.17) is 0 Å². The number of fused-ring (bicyclic) bond motifs is 5. The molecule has 0 N–H and O–H groups in total. The molecule has 5 rings (SSSR count). The zero-order valence-electron chi connectivity index (χ0n) is 11.9. The van der Waals surface area contributed by atoms with Crippen molar-refractivity contribution in [2.75, 3.05) is 0 Å². The molecule has 4 aromatic carbocycles. The van der Waals surface area contributed by atoms with Crippen molar-refractivity contribution in [2.24, 2.45) is 0 Å². The SMILES string of the molecule is Cc1c2c3c(cccc3c3ccccc13)-c1ccccc1-2. The second-order valence-electron chi connectivity index (χ2n) is 5.82. The molecule has 0 aliphatic heterocycles. The number of benzene rings is 4. The first kappa shape index (κ1) is 11.1. The van der Waals surface area contributed by atoms with Crippen LogP contribution in [0.5, 0.6) is 0 Å². The molecular formula is C21H14. The van der Waals surface area contributed by atoms with Gasteiger partial charge in [-0.1, -0.05) is 66.7 Å². The van der Waals surface area contributed by atoms with E-state index < -0.39 is 0 Å². The van der Waals surface area contributed by atoms with Crippen LogP contribution in [0.25, 0.3) is 43.8 Å². The third-order valence-electron chi connectivity index (χ3n) is 4.80. The van der Waals surface area contributed by atoms with Gasteiger partial charge in [-0.05, 0) is 56.3 Å². The van der Waals surface area contributed by atoms with Crippen LogP contribution < -0.4 is 0 Å². The fourth-order valence-corrected chi connectivity index (χ4v) is 3.91. The Kier molecular flexibility index (Phi) is 1.97. The first-order valence-electron chi connectivity index (χ1n) is 7.40. The van der Waals surface area contributed by atoms with Gasteiger partial charge in [0.2, 0.25) is 0 Å². The lowest BCUT2D eigenvalue weighted by atomic mass is 9.92. The Balaban J connectivity index is 2.16. The molecule has 0 unspecified atom stereocenters. The van der Waals surface area contributed by atoms with Gasteiger partial charge in [-0.15, -0.1) is 0 Å². The molecule has 98 valence electrons. The van der Waals surface area contributed by atoms with Gasteiger partial charge >= 0.3 is 0 Å². The van der Waals surface area contributed by atoms with Gasteiger partial charge in [0.1, 0.15) is 0 Å². The molecule has 1 aliphatic carbocycles. The van der Waals surface area contributed by atoms with Crippen molar-refractivity contribution >= 4 is 21.5 Å².